The van der Waals surface area contributed by atoms with Crippen molar-refractivity contribution in [2.45, 2.75) is 83.7 Å². The Labute approximate surface area is 124 Å². The fourth-order valence-electron chi connectivity index (χ4n) is 3.80. The summed E-state index contributed by atoms with van der Waals surface area (Å²) in [6, 6.07) is 0.450. The monoisotopic (exact) mass is 280 g/mol. The van der Waals surface area contributed by atoms with Gasteiger partial charge < -0.3 is 10.2 Å². The van der Waals surface area contributed by atoms with Crippen LogP contribution in [0.2, 0.25) is 0 Å². The standard InChI is InChI=1S/C17H32N2O/c1-14(16-10-6-5-7-11-16)18-15(2)17(20)19-12-8-3-4-9-13-19/h14-16,18H,3-13H2,1-2H3/t14-,15?/m1/s1. The average Bonchev–Trinajstić information content (AvgIpc) is 2.76. The highest BCUT2D eigenvalue weighted by Gasteiger charge is 2.26. The van der Waals surface area contributed by atoms with E-state index in [0.717, 1.165) is 19.0 Å². The van der Waals surface area contributed by atoms with Crippen LogP contribution in [-0.2, 0) is 4.79 Å². The van der Waals surface area contributed by atoms with Gasteiger partial charge in [-0.05, 0) is 45.4 Å². The molecule has 0 bridgehead atoms. The van der Waals surface area contributed by atoms with E-state index in [1.165, 1.54) is 57.8 Å². The number of rotatable bonds is 4. The minimum atomic E-state index is -0.0231. The fourth-order valence-corrected chi connectivity index (χ4v) is 3.80. The first-order chi connectivity index (χ1) is 9.68. The second-order valence-corrected chi connectivity index (χ2v) is 6.81. The minimum Gasteiger partial charge on any atom is -0.341 e. The Morgan fingerprint density at radius 1 is 0.950 bits per heavy atom. The van der Waals surface area contributed by atoms with Gasteiger partial charge in [0.1, 0.15) is 0 Å². The summed E-state index contributed by atoms with van der Waals surface area (Å²) in [4.78, 5) is 14.6. The van der Waals surface area contributed by atoms with Gasteiger partial charge in [0.05, 0.1) is 6.04 Å². The predicted molar refractivity (Wildman–Crippen MR) is 83.7 cm³/mol. The maximum Gasteiger partial charge on any atom is 0.239 e. The molecule has 0 aromatic heterocycles. The maximum atomic E-state index is 12.5. The van der Waals surface area contributed by atoms with Crippen LogP contribution < -0.4 is 5.32 Å². The topological polar surface area (TPSA) is 32.3 Å². The summed E-state index contributed by atoms with van der Waals surface area (Å²) in [5, 5.41) is 3.58. The molecule has 2 rings (SSSR count). The molecular formula is C17H32N2O. The average molecular weight is 280 g/mol. The molecular weight excluding hydrogens is 248 g/mol. The van der Waals surface area contributed by atoms with Crippen LogP contribution in [0.3, 0.4) is 0 Å². The number of nitrogens with zero attached hydrogens (tertiary/aromatic N) is 1. The summed E-state index contributed by atoms with van der Waals surface area (Å²) >= 11 is 0. The van der Waals surface area contributed by atoms with Gasteiger partial charge in [-0.3, -0.25) is 4.79 Å². The Kier molecular flexibility index (Phi) is 6.34. The molecule has 116 valence electrons. The molecule has 1 N–H and O–H groups in total. The van der Waals surface area contributed by atoms with Crippen molar-refractivity contribution in [3.05, 3.63) is 0 Å². The van der Waals surface area contributed by atoms with E-state index in [4.69, 9.17) is 0 Å². The maximum absolute atomic E-state index is 12.5. The van der Waals surface area contributed by atoms with Crippen molar-refractivity contribution in [3.8, 4) is 0 Å². The molecule has 2 aliphatic rings. The molecule has 1 aliphatic carbocycles. The summed E-state index contributed by atoms with van der Waals surface area (Å²) < 4.78 is 0. The molecule has 1 aliphatic heterocycles. The largest absolute Gasteiger partial charge is 0.341 e. The molecule has 3 heteroatoms. The van der Waals surface area contributed by atoms with E-state index in [1.54, 1.807) is 0 Å². The quantitative estimate of drug-likeness (QED) is 0.856. The van der Waals surface area contributed by atoms with Crippen LogP contribution in [0.15, 0.2) is 0 Å². The zero-order chi connectivity index (χ0) is 14.4. The molecule has 2 atom stereocenters. The molecule has 2 fully saturated rings. The normalized spacial score (nSPS) is 25.0. The lowest BCUT2D eigenvalue weighted by atomic mass is 9.84. The summed E-state index contributed by atoms with van der Waals surface area (Å²) in [6.07, 6.45) is 11.7. The van der Waals surface area contributed by atoms with E-state index in [0.29, 0.717) is 11.9 Å². The molecule has 0 radical (unpaired) electrons. The highest BCUT2D eigenvalue weighted by Crippen LogP contribution is 2.26. The van der Waals surface area contributed by atoms with Gasteiger partial charge in [-0.25, -0.2) is 0 Å². The lowest BCUT2D eigenvalue weighted by Crippen LogP contribution is -2.49. The van der Waals surface area contributed by atoms with Crippen LogP contribution in [0, 0.1) is 5.92 Å². The summed E-state index contributed by atoms with van der Waals surface area (Å²) in [5.74, 6) is 1.08. The number of hydrogen-bond acceptors (Lipinski definition) is 2. The van der Waals surface area contributed by atoms with Gasteiger partial charge in [-0.2, -0.15) is 0 Å². The number of hydrogen-bond donors (Lipinski definition) is 1. The minimum absolute atomic E-state index is 0.0231. The lowest BCUT2D eigenvalue weighted by molar-refractivity contribution is -0.133. The number of carbonyl (C=O) groups is 1. The van der Waals surface area contributed by atoms with Crippen molar-refractivity contribution in [3.63, 3.8) is 0 Å². The van der Waals surface area contributed by atoms with Crippen molar-refractivity contribution in [1.29, 1.82) is 0 Å². The predicted octanol–water partition coefficient (Wildman–Crippen LogP) is 3.34. The molecule has 1 amide bonds. The van der Waals surface area contributed by atoms with E-state index < -0.39 is 0 Å². The molecule has 20 heavy (non-hydrogen) atoms. The van der Waals surface area contributed by atoms with E-state index in [1.807, 2.05) is 6.92 Å². The van der Waals surface area contributed by atoms with Crippen LogP contribution in [0.1, 0.15) is 71.6 Å². The number of nitrogens with one attached hydrogen (secondary N) is 1. The van der Waals surface area contributed by atoms with E-state index in [2.05, 4.69) is 17.1 Å². The summed E-state index contributed by atoms with van der Waals surface area (Å²) in [6.45, 7) is 6.24. The molecule has 1 saturated heterocycles. The second-order valence-electron chi connectivity index (χ2n) is 6.81. The molecule has 1 unspecified atom stereocenters. The SMILES string of the molecule is CC(N[C@H](C)C1CCCCC1)C(=O)N1CCCCCC1. The van der Waals surface area contributed by atoms with E-state index in [9.17, 15) is 4.79 Å². The third kappa shape index (κ3) is 4.47. The van der Waals surface area contributed by atoms with Crippen molar-refractivity contribution < 1.29 is 4.79 Å². The van der Waals surface area contributed by atoms with Gasteiger partial charge in [0.25, 0.3) is 0 Å². The van der Waals surface area contributed by atoms with Gasteiger partial charge in [-0.1, -0.05) is 32.1 Å². The van der Waals surface area contributed by atoms with Gasteiger partial charge in [0, 0.05) is 19.1 Å². The van der Waals surface area contributed by atoms with Crippen LogP contribution in [0.5, 0.6) is 0 Å². The fraction of sp³-hybridized carbons (Fsp3) is 0.941. The molecule has 1 heterocycles. The van der Waals surface area contributed by atoms with Crippen molar-refractivity contribution in [1.82, 2.24) is 10.2 Å². The highest BCUT2D eigenvalue weighted by molar-refractivity contribution is 5.81. The Balaban J connectivity index is 1.79. The zero-order valence-electron chi connectivity index (χ0n) is 13.4. The van der Waals surface area contributed by atoms with Crippen LogP contribution in [-0.4, -0.2) is 36.0 Å². The van der Waals surface area contributed by atoms with Crippen molar-refractivity contribution in [2.24, 2.45) is 5.92 Å². The Morgan fingerprint density at radius 2 is 1.50 bits per heavy atom. The van der Waals surface area contributed by atoms with Gasteiger partial charge in [-0.15, -0.1) is 0 Å². The third-order valence-corrected chi connectivity index (χ3v) is 5.16. The van der Waals surface area contributed by atoms with Crippen LogP contribution >= 0.6 is 0 Å². The van der Waals surface area contributed by atoms with Crippen molar-refractivity contribution >= 4 is 5.91 Å². The van der Waals surface area contributed by atoms with E-state index in [-0.39, 0.29) is 6.04 Å². The first-order valence-corrected chi connectivity index (χ1v) is 8.73. The molecule has 0 spiro atoms. The molecule has 0 aromatic rings. The second kappa shape index (κ2) is 8.02. The highest BCUT2D eigenvalue weighted by atomic mass is 16.2. The van der Waals surface area contributed by atoms with Gasteiger partial charge in [0.15, 0.2) is 0 Å². The first-order valence-electron chi connectivity index (χ1n) is 8.73. The number of amides is 1. The van der Waals surface area contributed by atoms with Gasteiger partial charge in [0.2, 0.25) is 5.91 Å². The number of carbonyl (C=O) groups excluding carboxylic acids is 1. The Hall–Kier alpha value is -0.570. The Morgan fingerprint density at radius 3 is 2.10 bits per heavy atom. The Bertz CT molecular complexity index is 291. The van der Waals surface area contributed by atoms with Crippen molar-refractivity contribution in [2.75, 3.05) is 13.1 Å². The third-order valence-electron chi connectivity index (χ3n) is 5.16. The summed E-state index contributed by atoms with van der Waals surface area (Å²) in [5.41, 5.74) is 0. The smallest absolute Gasteiger partial charge is 0.239 e. The number of likely N-dealkylation sites (tertiary alicyclic amines) is 1. The van der Waals surface area contributed by atoms with E-state index >= 15 is 0 Å². The van der Waals surface area contributed by atoms with Crippen LogP contribution in [0.25, 0.3) is 0 Å². The summed E-state index contributed by atoms with van der Waals surface area (Å²) in [7, 11) is 0. The zero-order valence-corrected chi connectivity index (χ0v) is 13.4. The lowest BCUT2D eigenvalue weighted by Gasteiger charge is -2.32. The van der Waals surface area contributed by atoms with Crippen LogP contribution in [0.4, 0.5) is 0 Å². The molecule has 3 nitrogen and oxygen atoms in total. The molecule has 0 aromatic carbocycles. The van der Waals surface area contributed by atoms with Gasteiger partial charge >= 0.3 is 0 Å². The molecule has 1 saturated carbocycles. The first kappa shape index (κ1) is 15.8.